The fraction of sp³-hybridized carbons (Fsp3) is 0.235. The molecule has 1 heterocycles. The summed E-state index contributed by atoms with van der Waals surface area (Å²) in [7, 11) is 0. The topological polar surface area (TPSA) is 58.3 Å². The van der Waals surface area contributed by atoms with Crippen LogP contribution in [0.5, 0.6) is 5.75 Å². The summed E-state index contributed by atoms with van der Waals surface area (Å²) >= 11 is 0. The molecule has 1 aromatic heterocycles. The fourth-order valence-electron chi connectivity index (χ4n) is 3.12. The molecule has 1 aliphatic carbocycles. The van der Waals surface area contributed by atoms with Gasteiger partial charge in [-0.15, -0.1) is 0 Å². The first-order valence-electron chi connectivity index (χ1n) is 7.15. The maximum Gasteiger partial charge on any atom is 0.192 e. The average molecular weight is 280 g/mol. The molecule has 0 saturated carbocycles. The summed E-state index contributed by atoms with van der Waals surface area (Å²) in [5.74, 6) is 1.08. The van der Waals surface area contributed by atoms with Crippen molar-refractivity contribution in [2.24, 2.45) is 0 Å². The fourth-order valence-corrected chi connectivity index (χ4v) is 3.12. The Morgan fingerprint density at radius 1 is 1.29 bits per heavy atom. The van der Waals surface area contributed by atoms with Crippen molar-refractivity contribution in [2.75, 3.05) is 5.32 Å². The number of anilines is 1. The molecule has 0 amide bonds. The Morgan fingerprint density at radius 2 is 2.19 bits per heavy atom. The van der Waals surface area contributed by atoms with Crippen LogP contribution in [-0.2, 0) is 6.42 Å². The van der Waals surface area contributed by atoms with Crippen LogP contribution in [-0.4, -0.2) is 10.1 Å². The molecule has 4 heteroatoms. The van der Waals surface area contributed by atoms with Crippen LogP contribution in [0.2, 0.25) is 0 Å². The van der Waals surface area contributed by atoms with Gasteiger partial charge in [0.15, 0.2) is 11.5 Å². The monoisotopic (exact) mass is 280 g/mol. The Hall–Kier alpha value is -2.49. The molecule has 1 unspecified atom stereocenters. The van der Waals surface area contributed by atoms with Gasteiger partial charge in [0.2, 0.25) is 0 Å². The predicted octanol–water partition coefficient (Wildman–Crippen LogP) is 3.94. The second-order valence-electron chi connectivity index (χ2n) is 5.50. The highest BCUT2D eigenvalue weighted by Gasteiger charge is 2.24. The van der Waals surface area contributed by atoms with E-state index >= 15 is 0 Å². The van der Waals surface area contributed by atoms with E-state index in [0.717, 1.165) is 35.2 Å². The summed E-state index contributed by atoms with van der Waals surface area (Å²) in [4.78, 5) is 4.36. The van der Waals surface area contributed by atoms with E-state index in [4.69, 9.17) is 4.42 Å². The number of phenolic OH excluding ortho intramolecular Hbond substituents is 1. The molecule has 2 aromatic carbocycles. The van der Waals surface area contributed by atoms with E-state index in [-0.39, 0.29) is 6.04 Å². The van der Waals surface area contributed by atoms with Crippen molar-refractivity contribution in [3.05, 3.63) is 53.4 Å². The van der Waals surface area contributed by atoms with E-state index in [2.05, 4.69) is 16.4 Å². The first-order chi connectivity index (χ1) is 10.2. The molecule has 0 fully saturated rings. The van der Waals surface area contributed by atoms with E-state index in [1.165, 1.54) is 5.56 Å². The van der Waals surface area contributed by atoms with Gasteiger partial charge in [0, 0.05) is 12.6 Å². The lowest BCUT2D eigenvalue weighted by atomic mass is 10.1. The van der Waals surface area contributed by atoms with Crippen molar-refractivity contribution < 1.29 is 9.52 Å². The Labute approximate surface area is 122 Å². The number of phenols is 1. The van der Waals surface area contributed by atoms with Crippen LogP contribution >= 0.6 is 0 Å². The molecule has 0 bridgehead atoms. The lowest BCUT2D eigenvalue weighted by Gasteiger charge is -2.15. The molecule has 4 rings (SSSR count). The van der Waals surface area contributed by atoms with Gasteiger partial charge in [-0.2, -0.15) is 0 Å². The summed E-state index contributed by atoms with van der Waals surface area (Å²) in [6, 6.07) is 11.9. The number of oxazole rings is 1. The minimum atomic E-state index is 0.234. The molecule has 1 aliphatic rings. The summed E-state index contributed by atoms with van der Waals surface area (Å²) < 4.78 is 5.49. The lowest BCUT2D eigenvalue weighted by Crippen LogP contribution is -2.06. The predicted molar refractivity (Wildman–Crippen MR) is 81.5 cm³/mol. The van der Waals surface area contributed by atoms with Gasteiger partial charge in [0.25, 0.3) is 0 Å². The molecule has 0 aliphatic heterocycles. The number of aromatic nitrogens is 1. The third-order valence-electron chi connectivity index (χ3n) is 4.08. The van der Waals surface area contributed by atoms with Gasteiger partial charge in [-0.1, -0.05) is 12.1 Å². The van der Waals surface area contributed by atoms with Crippen molar-refractivity contribution >= 4 is 16.8 Å². The summed E-state index contributed by atoms with van der Waals surface area (Å²) in [6.07, 6.45) is 1.90. The van der Waals surface area contributed by atoms with Crippen LogP contribution in [0.1, 0.15) is 29.5 Å². The van der Waals surface area contributed by atoms with Gasteiger partial charge in [-0.25, -0.2) is 4.98 Å². The van der Waals surface area contributed by atoms with Gasteiger partial charge in [0.1, 0.15) is 11.3 Å². The highest BCUT2D eigenvalue weighted by atomic mass is 16.3. The van der Waals surface area contributed by atoms with Crippen LogP contribution in [0.25, 0.3) is 11.1 Å². The Morgan fingerprint density at radius 3 is 3.10 bits per heavy atom. The summed E-state index contributed by atoms with van der Waals surface area (Å²) in [5, 5.41) is 13.4. The molecule has 0 saturated heterocycles. The zero-order valence-corrected chi connectivity index (χ0v) is 11.8. The number of rotatable bonds is 2. The number of benzene rings is 2. The second-order valence-corrected chi connectivity index (χ2v) is 5.50. The maximum absolute atomic E-state index is 9.91. The Balaban J connectivity index is 1.65. The van der Waals surface area contributed by atoms with Gasteiger partial charge >= 0.3 is 0 Å². The van der Waals surface area contributed by atoms with Crippen LogP contribution in [0.15, 0.2) is 40.8 Å². The van der Waals surface area contributed by atoms with Gasteiger partial charge in [0.05, 0.1) is 6.04 Å². The van der Waals surface area contributed by atoms with Gasteiger partial charge < -0.3 is 14.8 Å². The van der Waals surface area contributed by atoms with E-state index in [1.807, 2.05) is 31.2 Å². The second kappa shape index (κ2) is 4.52. The van der Waals surface area contributed by atoms with Crippen LogP contribution in [0, 0.1) is 6.92 Å². The zero-order valence-electron chi connectivity index (χ0n) is 11.8. The molecular formula is C17H16N2O2. The van der Waals surface area contributed by atoms with Gasteiger partial charge in [-0.3, -0.25) is 0 Å². The minimum Gasteiger partial charge on any atom is -0.508 e. The van der Waals surface area contributed by atoms with Crippen LogP contribution < -0.4 is 5.32 Å². The SMILES string of the molecule is Cc1nc2cc(NC3CCc4c(O)cccc43)ccc2o1. The van der Waals surface area contributed by atoms with Crippen molar-refractivity contribution in [3.8, 4) is 5.75 Å². The molecule has 21 heavy (non-hydrogen) atoms. The third kappa shape index (κ3) is 2.03. The molecule has 0 radical (unpaired) electrons. The van der Waals surface area contributed by atoms with E-state index in [0.29, 0.717) is 11.6 Å². The number of hydrogen-bond donors (Lipinski definition) is 2. The molecule has 106 valence electrons. The Bertz CT molecular complexity index is 823. The summed E-state index contributed by atoms with van der Waals surface area (Å²) in [6.45, 7) is 1.85. The molecule has 3 aromatic rings. The zero-order chi connectivity index (χ0) is 14.4. The number of nitrogens with zero attached hydrogens (tertiary/aromatic N) is 1. The number of aromatic hydroxyl groups is 1. The minimum absolute atomic E-state index is 0.234. The summed E-state index contributed by atoms with van der Waals surface area (Å²) in [5.41, 5.74) is 4.95. The van der Waals surface area contributed by atoms with Crippen molar-refractivity contribution in [2.45, 2.75) is 25.8 Å². The first kappa shape index (κ1) is 12.3. The standard InChI is InChI=1S/C17H16N2O2/c1-10-18-15-9-11(5-8-17(15)21-10)19-14-7-6-13-12(14)3-2-4-16(13)20/h2-5,8-9,14,19-20H,6-7H2,1H3. The highest BCUT2D eigenvalue weighted by Crippen LogP contribution is 2.38. The molecule has 0 spiro atoms. The highest BCUT2D eigenvalue weighted by molar-refractivity contribution is 5.77. The number of aryl methyl sites for hydroxylation is 1. The van der Waals surface area contributed by atoms with Crippen LogP contribution in [0.4, 0.5) is 5.69 Å². The van der Waals surface area contributed by atoms with Crippen molar-refractivity contribution in [3.63, 3.8) is 0 Å². The third-order valence-corrected chi connectivity index (χ3v) is 4.08. The quantitative estimate of drug-likeness (QED) is 0.746. The maximum atomic E-state index is 9.91. The number of fused-ring (bicyclic) bond motifs is 2. The van der Waals surface area contributed by atoms with Crippen molar-refractivity contribution in [1.82, 2.24) is 4.98 Å². The lowest BCUT2D eigenvalue weighted by molar-refractivity contribution is 0.469. The van der Waals surface area contributed by atoms with E-state index in [1.54, 1.807) is 6.07 Å². The van der Waals surface area contributed by atoms with E-state index < -0.39 is 0 Å². The molecular weight excluding hydrogens is 264 g/mol. The molecule has 4 nitrogen and oxygen atoms in total. The molecule has 2 N–H and O–H groups in total. The van der Waals surface area contributed by atoms with Crippen LogP contribution in [0.3, 0.4) is 0 Å². The van der Waals surface area contributed by atoms with Crippen molar-refractivity contribution in [1.29, 1.82) is 0 Å². The smallest absolute Gasteiger partial charge is 0.192 e. The molecule has 1 atom stereocenters. The number of nitrogens with one attached hydrogen (secondary N) is 1. The van der Waals surface area contributed by atoms with E-state index in [9.17, 15) is 5.11 Å². The normalized spacial score (nSPS) is 17.1. The number of hydrogen-bond acceptors (Lipinski definition) is 4. The largest absolute Gasteiger partial charge is 0.508 e. The first-order valence-corrected chi connectivity index (χ1v) is 7.15. The average Bonchev–Trinajstić information content (AvgIpc) is 3.02. The Kier molecular flexibility index (Phi) is 2.64. The van der Waals surface area contributed by atoms with Gasteiger partial charge in [-0.05, 0) is 48.2 Å².